The van der Waals surface area contributed by atoms with Gasteiger partial charge in [0.15, 0.2) is 13.2 Å². The Kier molecular flexibility index (Phi) is 7.50. The Morgan fingerprint density at radius 1 is 0.897 bits per heavy atom. The van der Waals surface area contributed by atoms with Crippen LogP contribution in [0.1, 0.15) is 32.1 Å². The van der Waals surface area contributed by atoms with Gasteiger partial charge in [0.05, 0.1) is 7.11 Å². The normalized spacial score (nSPS) is 14.1. The van der Waals surface area contributed by atoms with E-state index in [1.54, 1.807) is 36.3 Å². The lowest BCUT2D eigenvalue weighted by molar-refractivity contribution is -0.149. The van der Waals surface area contributed by atoms with E-state index in [-0.39, 0.29) is 25.2 Å². The van der Waals surface area contributed by atoms with Gasteiger partial charge in [-0.15, -0.1) is 0 Å². The summed E-state index contributed by atoms with van der Waals surface area (Å²) in [7, 11) is 1.58. The number of esters is 1. The van der Waals surface area contributed by atoms with Gasteiger partial charge in [-0.2, -0.15) is 0 Å². The first kappa shape index (κ1) is 20.7. The number of anilines is 1. The Hall–Kier alpha value is -3.02. The number of benzene rings is 2. The maximum atomic E-state index is 12.9. The number of para-hydroxylation sites is 1. The topological polar surface area (TPSA) is 65.1 Å². The maximum Gasteiger partial charge on any atom is 0.344 e. The van der Waals surface area contributed by atoms with Gasteiger partial charge in [0, 0.05) is 11.7 Å². The Bertz CT molecular complexity index is 785. The van der Waals surface area contributed by atoms with Crippen LogP contribution in [0.2, 0.25) is 0 Å². The van der Waals surface area contributed by atoms with Crippen LogP contribution >= 0.6 is 0 Å². The molecule has 3 rings (SSSR count). The van der Waals surface area contributed by atoms with Gasteiger partial charge >= 0.3 is 5.97 Å². The number of amides is 1. The van der Waals surface area contributed by atoms with Crippen LogP contribution in [-0.4, -0.2) is 38.2 Å². The van der Waals surface area contributed by atoms with Gasteiger partial charge in [0.1, 0.15) is 11.5 Å². The van der Waals surface area contributed by atoms with Gasteiger partial charge in [-0.1, -0.05) is 37.5 Å². The second kappa shape index (κ2) is 10.5. The van der Waals surface area contributed by atoms with E-state index in [9.17, 15) is 9.59 Å². The van der Waals surface area contributed by atoms with E-state index >= 15 is 0 Å². The van der Waals surface area contributed by atoms with Gasteiger partial charge in [0.25, 0.3) is 5.91 Å². The molecule has 2 aromatic rings. The van der Waals surface area contributed by atoms with E-state index < -0.39 is 5.97 Å². The quantitative estimate of drug-likeness (QED) is 0.631. The molecular weight excluding hydrogens is 370 g/mol. The summed E-state index contributed by atoms with van der Waals surface area (Å²) in [5.41, 5.74) is 0.843. The van der Waals surface area contributed by atoms with Crippen molar-refractivity contribution in [2.75, 3.05) is 25.2 Å². The second-order valence-electron chi connectivity index (χ2n) is 7.02. The molecule has 154 valence electrons. The van der Waals surface area contributed by atoms with Crippen molar-refractivity contribution in [1.29, 1.82) is 0 Å². The summed E-state index contributed by atoms with van der Waals surface area (Å²) in [6, 6.07) is 16.6. The number of hydrogen-bond acceptors (Lipinski definition) is 5. The SMILES string of the molecule is COc1ccc(OCC(=O)OCC(=O)N(c2ccccc2)C2CCCCC2)cc1. The Balaban J connectivity index is 1.54. The number of nitrogens with zero attached hydrogens (tertiary/aromatic N) is 1. The molecule has 6 heteroatoms. The second-order valence-corrected chi connectivity index (χ2v) is 7.02. The van der Waals surface area contributed by atoms with Crippen molar-refractivity contribution in [3.05, 3.63) is 54.6 Å². The monoisotopic (exact) mass is 397 g/mol. The minimum Gasteiger partial charge on any atom is -0.497 e. The number of ether oxygens (including phenoxy) is 3. The van der Waals surface area contributed by atoms with Crippen LogP contribution in [0.25, 0.3) is 0 Å². The van der Waals surface area contributed by atoms with Crippen molar-refractivity contribution in [3.63, 3.8) is 0 Å². The number of methoxy groups -OCH3 is 1. The number of carbonyl (C=O) groups excluding carboxylic acids is 2. The van der Waals surface area contributed by atoms with Crippen molar-refractivity contribution in [3.8, 4) is 11.5 Å². The third-order valence-corrected chi connectivity index (χ3v) is 5.02. The molecule has 0 saturated heterocycles. The minimum absolute atomic E-state index is 0.146. The molecule has 0 radical (unpaired) electrons. The standard InChI is InChI=1S/C23H27NO5/c1-27-20-12-14-21(15-13-20)28-17-23(26)29-16-22(25)24(18-8-4-2-5-9-18)19-10-6-3-7-11-19/h2,4-5,8-9,12-15,19H,3,6-7,10-11,16-17H2,1H3. The zero-order valence-corrected chi connectivity index (χ0v) is 16.7. The first-order valence-corrected chi connectivity index (χ1v) is 9.97. The molecule has 0 N–H and O–H groups in total. The highest BCUT2D eigenvalue weighted by atomic mass is 16.6. The summed E-state index contributed by atoms with van der Waals surface area (Å²) in [6.45, 7) is -0.551. The van der Waals surface area contributed by atoms with Crippen LogP contribution in [0.5, 0.6) is 11.5 Å². The van der Waals surface area contributed by atoms with E-state index in [1.165, 1.54) is 6.42 Å². The van der Waals surface area contributed by atoms with Gasteiger partial charge in [-0.25, -0.2) is 4.79 Å². The Labute approximate surface area is 171 Å². The molecule has 1 amide bonds. The predicted octanol–water partition coefficient (Wildman–Crippen LogP) is 3.98. The average molecular weight is 397 g/mol. The van der Waals surface area contributed by atoms with Crippen LogP contribution in [-0.2, 0) is 14.3 Å². The smallest absolute Gasteiger partial charge is 0.344 e. The Morgan fingerprint density at radius 3 is 2.21 bits per heavy atom. The number of hydrogen-bond donors (Lipinski definition) is 0. The van der Waals surface area contributed by atoms with Gasteiger partial charge < -0.3 is 19.1 Å². The first-order valence-electron chi connectivity index (χ1n) is 9.97. The molecule has 0 spiro atoms. The lowest BCUT2D eigenvalue weighted by Crippen LogP contribution is -2.44. The highest BCUT2D eigenvalue weighted by Gasteiger charge is 2.27. The zero-order valence-electron chi connectivity index (χ0n) is 16.7. The van der Waals surface area contributed by atoms with Crippen LogP contribution in [0, 0.1) is 0 Å². The van der Waals surface area contributed by atoms with E-state index in [0.717, 1.165) is 31.4 Å². The summed E-state index contributed by atoms with van der Waals surface area (Å²) < 4.78 is 15.7. The molecule has 0 bridgehead atoms. The molecule has 6 nitrogen and oxygen atoms in total. The lowest BCUT2D eigenvalue weighted by atomic mass is 9.93. The van der Waals surface area contributed by atoms with E-state index in [2.05, 4.69) is 0 Å². The summed E-state index contributed by atoms with van der Waals surface area (Å²) in [5.74, 6) is 0.447. The van der Waals surface area contributed by atoms with Crippen LogP contribution < -0.4 is 14.4 Å². The molecule has 1 fully saturated rings. The number of carbonyl (C=O) groups is 2. The fraction of sp³-hybridized carbons (Fsp3) is 0.391. The molecule has 29 heavy (non-hydrogen) atoms. The summed E-state index contributed by atoms with van der Waals surface area (Å²) in [5, 5.41) is 0. The molecule has 1 saturated carbocycles. The summed E-state index contributed by atoms with van der Waals surface area (Å²) in [6.07, 6.45) is 5.35. The van der Waals surface area contributed by atoms with Gasteiger partial charge in [0.2, 0.25) is 0 Å². The molecule has 0 aliphatic heterocycles. The molecule has 0 atom stereocenters. The fourth-order valence-corrected chi connectivity index (χ4v) is 3.55. The largest absolute Gasteiger partial charge is 0.497 e. The molecule has 1 aliphatic carbocycles. The number of rotatable bonds is 8. The Morgan fingerprint density at radius 2 is 1.55 bits per heavy atom. The molecule has 0 aromatic heterocycles. The summed E-state index contributed by atoms with van der Waals surface area (Å²) in [4.78, 5) is 26.7. The first-order chi connectivity index (χ1) is 14.2. The van der Waals surface area contributed by atoms with E-state index in [0.29, 0.717) is 11.5 Å². The highest BCUT2D eigenvalue weighted by Crippen LogP contribution is 2.27. The molecule has 1 aliphatic rings. The third-order valence-electron chi connectivity index (χ3n) is 5.02. The minimum atomic E-state index is -0.578. The molecule has 2 aromatic carbocycles. The maximum absolute atomic E-state index is 12.9. The van der Waals surface area contributed by atoms with Crippen molar-refractivity contribution in [1.82, 2.24) is 0 Å². The molecule has 0 unspecified atom stereocenters. The summed E-state index contributed by atoms with van der Waals surface area (Å²) >= 11 is 0. The van der Waals surface area contributed by atoms with Crippen LogP contribution in [0.3, 0.4) is 0 Å². The van der Waals surface area contributed by atoms with E-state index in [4.69, 9.17) is 14.2 Å². The van der Waals surface area contributed by atoms with Crippen molar-refractivity contribution in [2.24, 2.45) is 0 Å². The van der Waals surface area contributed by atoms with Crippen LogP contribution in [0.4, 0.5) is 5.69 Å². The fourth-order valence-electron chi connectivity index (χ4n) is 3.55. The highest BCUT2D eigenvalue weighted by molar-refractivity contribution is 5.95. The molecular formula is C23H27NO5. The van der Waals surface area contributed by atoms with Crippen molar-refractivity contribution < 1.29 is 23.8 Å². The van der Waals surface area contributed by atoms with E-state index in [1.807, 2.05) is 30.3 Å². The lowest BCUT2D eigenvalue weighted by Gasteiger charge is -2.34. The average Bonchev–Trinajstić information content (AvgIpc) is 2.78. The van der Waals surface area contributed by atoms with Crippen molar-refractivity contribution >= 4 is 17.6 Å². The zero-order chi connectivity index (χ0) is 20.5. The predicted molar refractivity (Wildman–Crippen MR) is 110 cm³/mol. The van der Waals surface area contributed by atoms with Crippen LogP contribution in [0.15, 0.2) is 54.6 Å². The van der Waals surface area contributed by atoms with Gasteiger partial charge in [-0.3, -0.25) is 4.79 Å². The van der Waals surface area contributed by atoms with Crippen molar-refractivity contribution in [2.45, 2.75) is 38.1 Å². The van der Waals surface area contributed by atoms with Gasteiger partial charge in [-0.05, 0) is 49.2 Å². The third kappa shape index (κ3) is 5.98. The molecule has 0 heterocycles.